The van der Waals surface area contributed by atoms with Gasteiger partial charge >= 0.3 is 0 Å². The van der Waals surface area contributed by atoms with Gasteiger partial charge in [-0.15, -0.1) is 0 Å². The minimum Gasteiger partial charge on any atom is -0.314 e. The molecule has 0 unspecified atom stereocenters. The molecule has 2 heteroatoms. The minimum absolute atomic E-state index is 0.667. The van der Waals surface area contributed by atoms with Crippen LogP contribution in [0.25, 0.3) is 0 Å². The third-order valence-corrected chi connectivity index (χ3v) is 2.11. The second-order valence-corrected chi connectivity index (χ2v) is 3.48. The summed E-state index contributed by atoms with van der Waals surface area (Å²) in [5.41, 5.74) is 1.26. The molecule has 0 radical (unpaired) electrons. The first-order valence-electron chi connectivity index (χ1n) is 4.29. The second-order valence-electron chi connectivity index (χ2n) is 3.48. The summed E-state index contributed by atoms with van der Waals surface area (Å²) < 4.78 is 0. The van der Waals surface area contributed by atoms with Gasteiger partial charge in [-0.25, -0.2) is 0 Å². The molecule has 0 saturated carbocycles. The highest BCUT2D eigenvalue weighted by atomic mass is 15.2. The summed E-state index contributed by atoms with van der Waals surface area (Å²) in [6.07, 6.45) is 0. The van der Waals surface area contributed by atoms with E-state index in [0.29, 0.717) is 6.04 Å². The van der Waals surface area contributed by atoms with E-state index in [-0.39, 0.29) is 0 Å². The summed E-state index contributed by atoms with van der Waals surface area (Å²) in [6.45, 7) is 12.7. The van der Waals surface area contributed by atoms with Crippen molar-refractivity contribution in [1.29, 1.82) is 0 Å². The van der Waals surface area contributed by atoms with Crippen molar-refractivity contribution in [2.45, 2.75) is 19.9 Å². The summed E-state index contributed by atoms with van der Waals surface area (Å²) in [6, 6.07) is 0.667. The van der Waals surface area contributed by atoms with Gasteiger partial charge in [-0.05, 0) is 13.8 Å². The van der Waals surface area contributed by atoms with E-state index in [1.54, 1.807) is 0 Å². The Labute approximate surface area is 69.3 Å². The average Bonchev–Trinajstić information content (AvgIpc) is 1.93. The largest absolute Gasteiger partial charge is 0.314 e. The maximum Gasteiger partial charge on any atom is 0.0196 e. The standard InChI is InChI=1S/C9H18N2/c1-8(2)7-11-5-4-10-6-9(11)3/h9-10H,1,4-7H2,2-3H3/t9-/m0/s1. The van der Waals surface area contributed by atoms with Crippen LogP contribution in [0.1, 0.15) is 13.8 Å². The van der Waals surface area contributed by atoms with Crippen LogP contribution < -0.4 is 5.32 Å². The third kappa shape index (κ3) is 2.64. The monoisotopic (exact) mass is 154 g/mol. The normalized spacial score (nSPS) is 26.9. The summed E-state index contributed by atoms with van der Waals surface area (Å²) in [7, 11) is 0. The van der Waals surface area contributed by atoms with Crippen molar-refractivity contribution in [3.05, 3.63) is 12.2 Å². The first kappa shape index (κ1) is 8.75. The molecule has 1 heterocycles. The van der Waals surface area contributed by atoms with Gasteiger partial charge in [0.05, 0.1) is 0 Å². The molecule has 1 fully saturated rings. The molecule has 1 aliphatic heterocycles. The fourth-order valence-corrected chi connectivity index (χ4v) is 1.46. The fourth-order valence-electron chi connectivity index (χ4n) is 1.46. The zero-order valence-corrected chi connectivity index (χ0v) is 7.56. The lowest BCUT2D eigenvalue weighted by atomic mass is 10.2. The number of rotatable bonds is 2. The molecule has 1 atom stereocenters. The van der Waals surface area contributed by atoms with Gasteiger partial charge in [0, 0.05) is 32.2 Å². The van der Waals surface area contributed by atoms with E-state index in [1.807, 2.05) is 0 Å². The van der Waals surface area contributed by atoms with Gasteiger partial charge in [0.1, 0.15) is 0 Å². The highest BCUT2D eigenvalue weighted by Gasteiger charge is 2.16. The maximum atomic E-state index is 3.92. The average molecular weight is 154 g/mol. The van der Waals surface area contributed by atoms with E-state index >= 15 is 0 Å². The van der Waals surface area contributed by atoms with Crippen LogP contribution >= 0.6 is 0 Å². The molecule has 0 spiro atoms. The SMILES string of the molecule is C=C(C)CN1CCNC[C@@H]1C. The van der Waals surface area contributed by atoms with Crippen LogP contribution in [0.2, 0.25) is 0 Å². The van der Waals surface area contributed by atoms with Crippen LogP contribution in [-0.2, 0) is 0 Å². The quantitative estimate of drug-likeness (QED) is 0.593. The number of nitrogens with zero attached hydrogens (tertiary/aromatic N) is 1. The first-order chi connectivity index (χ1) is 5.20. The van der Waals surface area contributed by atoms with Crippen molar-refractivity contribution in [1.82, 2.24) is 10.2 Å². The minimum atomic E-state index is 0.667. The summed E-state index contributed by atoms with van der Waals surface area (Å²) in [5.74, 6) is 0. The zero-order valence-electron chi connectivity index (χ0n) is 7.56. The Kier molecular flexibility index (Phi) is 3.09. The molecule has 0 bridgehead atoms. The van der Waals surface area contributed by atoms with Crippen LogP contribution in [-0.4, -0.2) is 37.1 Å². The number of piperazine rings is 1. The highest BCUT2D eigenvalue weighted by Crippen LogP contribution is 2.04. The van der Waals surface area contributed by atoms with Gasteiger partial charge in [0.15, 0.2) is 0 Å². The van der Waals surface area contributed by atoms with Crippen LogP contribution in [0.3, 0.4) is 0 Å². The van der Waals surface area contributed by atoms with E-state index in [0.717, 1.165) is 26.2 Å². The number of hydrogen-bond donors (Lipinski definition) is 1. The van der Waals surface area contributed by atoms with E-state index in [1.165, 1.54) is 5.57 Å². The fraction of sp³-hybridized carbons (Fsp3) is 0.778. The Morgan fingerprint density at radius 1 is 1.73 bits per heavy atom. The molecular formula is C9H18N2. The van der Waals surface area contributed by atoms with Crippen molar-refractivity contribution in [2.75, 3.05) is 26.2 Å². The van der Waals surface area contributed by atoms with E-state index in [4.69, 9.17) is 0 Å². The topological polar surface area (TPSA) is 15.3 Å². The van der Waals surface area contributed by atoms with Crippen molar-refractivity contribution in [2.24, 2.45) is 0 Å². The second kappa shape index (κ2) is 3.88. The van der Waals surface area contributed by atoms with Gasteiger partial charge in [-0.2, -0.15) is 0 Å². The van der Waals surface area contributed by atoms with Crippen LogP contribution in [0.15, 0.2) is 12.2 Å². The molecule has 1 N–H and O–H groups in total. The van der Waals surface area contributed by atoms with Gasteiger partial charge in [0.25, 0.3) is 0 Å². The van der Waals surface area contributed by atoms with Crippen molar-refractivity contribution in [3.8, 4) is 0 Å². The van der Waals surface area contributed by atoms with Crippen LogP contribution in [0.5, 0.6) is 0 Å². The Bertz CT molecular complexity index is 142. The molecule has 64 valence electrons. The predicted octanol–water partition coefficient (Wildman–Crippen LogP) is 0.856. The van der Waals surface area contributed by atoms with Crippen molar-refractivity contribution < 1.29 is 0 Å². The Balaban J connectivity index is 2.35. The summed E-state index contributed by atoms with van der Waals surface area (Å²) in [5, 5.41) is 3.37. The molecule has 0 aromatic rings. The summed E-state index contributed by atoms with van der Waals surface area (Å²) in [4.78, 5) is 2.47. The summed E-state index contributed by atoms with van der Waals surface area (Å²) >= 11 is 0. The van der Waals surface area contributed by atoms with E-state index < -0.39 is 0 Å². The van der Waals surface area contributed by atoms with E-state index in [2.05, 4.69) is 30.6 Å². The van der Waals surface area contributed by atoms with Crippen LogP contribution in [0, 0.1) is 0 Å². The number of hydrogen-bond acceptors (Lipinski definition) is 2. The predicted molar refractivity (Wildman–Crippen MR) is 48.7 cm³/mol. The molecule has 0 aromatic carbocycles. The molecule has 0 amide bonds. The molecule has 1 rings (SSSR count). The lowest BCUT2D eigenvalue weighted by Gasteiger charge is -2.33. The van der Waals surface area contributed by atoms with Gasteiger partial charge < -0.3 is 5.32 Å². The highest BCUT2D eigenvalue weighted by molar-refractivity contribution is 4.94. The van der Waals surface area contributed by atoms with Gasteiger partial charge in [-0.1, -0.05) is 12.2 Å². The smallest absolute Gasteiger partial charge is 0.0196 e. The van der Waals surface area contributed by atoms with Crippen LogP contribution in [0.4, 0.5) is 0 Å². The molecule has 0 aromatic heterocycles. The zero-order chi connectivity index (χ0) is 8.27. The first-order valence-corrected chi connectivity index (χ1v) is 4.29. The molecule has 1 aliphatic rings. The molecular weight excluding hydrogens is 136 g/mol. The Morgan fingerprint density at radius 3 is 3.00 bits per heavy atom. The third-order valence-electron chi connectivity index (χ3n) is 2.11. The lowest BCUT2D eigenvalue weighted by Crippen LogP contribution is -2.50. The molecule has 11 heavy (non-hydrogen) atoms. The lowest BCUT2D eigenvalue weighted by molar-refractivity contribution is 0.189. The number of nitrogens with one attached hydrogen (secondary N) is 1. The van der Waals surface area contributed by atoms with Crippen molar-refractivity contribution >= 4 is 0 Å². The Morgan fingerprint density at radius 2 is 2.45 bits per heavy atom. The van der Waals surface area contributed by atoms with Gasteiger partial charge in [-0.3, -0.25) is 4.90 Å². The maximum absolute atomic E-state index is 3.92. The Hall–Kier alpha value is -0.340. The van der Waals surface area contributed by atoms with Gasteiger partial charge in [0.2, 0.25) is 0 Å². The molecule has 2 nitrogen and oxygen atoms in total. The van der Waals surface area contributed by atoms with Crippen molar-refractivity contribution in [3.63, 3.8) is 0 Å². The van der Waals surface area contributed by atoms with E-state index in [9.17, 15) is 0 Å². The molecule has 0 aliphatic carbocycles. The molecule has 1 saturated heterocycles.